The van der Waals surface area contributed by atoms with E-state index in [1.165, 1.54) is 23.8 Å². The number of hydrogen-bond donors (Lipinski definition) is 3. The third-order valence-electron chi connectivity index (χ3n) is 3.73. The third kappa shape index (κ3) is 5.74. The SMILES string of the molecule is C#C/C(=C\c1ccc(O)c(O)c1)C(=O)NCCCCc1ccccc1. The molecule has 0 aliphatic carbocycles. The van der Waals surface area contributed by atoms with Crippen molar-refractivity contribution in [2.24, 2.45) is 0 Å². The summed E-state index contributed by atoms with van der Waals surface area (Å²) in [5.74, 6) is 1.55. The zero-order valence-corrected chi connectivity index (χ0v) is 13.9. The predicted octanol–water partition coefficient (Wildman–Crippen LogP) is 3.25. The van der Waals surface area contributed by atoms with Gasteiger partial charge in [-0.2, -0.15) is 0 Å². The molecule has 4 nitrogen and oxygen atoms in total. The fraction of sp³-hybridized carbons (Fsp3) is 0.190. The molecule has 0 saturated carbocycles. The second-order valence-corrected chi connectivity index (χ2v) is 5.65. The molecule has 0 heterocycles. The standard InChI is InChI=1S/C21H21NO3/c1-2-18(14-17-11-12-19(23)20(24)15-17)21(25)22-13-7-6-10-16-8-4-3-5-9-16/h1,3-5,8-9,11-12,14-15,23-24H,6-7,10,13H2,(H,22,25)/b18-14+. The molecule has 0 spiro atoms. The number of rotatable bonds is 7. The molecule has 0 radical (unpaired) electrons. The number of terminal acetylenes is 1. The van der Waals surface area contributed by atoms with Crippen LogP contribution < -0.4 is 5.32 Å². The molecule has 2 aromatic carbocycles. The quantitative estimate of drug-likeness (QED) is 0.315. The highest BCUT2D eigenvalue weighted by Gasteiger charge is 2.07. The molecule has 0 saturated heterocycles. The largest absolute Gasteiger partial charge is 0.504 e. The van der Waals surface area contributed by atoms with Crippen molar-refractivity contribution in [1.82, 2.24) is 5.32 Å². The third-order valence-corrected chi connectivity index (χ3v) is 3.73. The zero-order chi connectivity index (χ0) is 18.1. The summed E-state index contributed by atoms with van der Waals surface area (Å²) in [4.78, 5) is 12.1. The van der Waals surface area contributed by atoms with Crippen molar-refractivity contribution in [3.8, 4) is 23.8 Å². The molecule has 128 valence electrons. The van der Waals surface area contributed by atoms with Crippen LogP contribution in [-0.2, 0) is 11.2 Å². The number of benzene rings is 2. The predicted molar refractivity (Wildman–Crippen MR) is 99.0 cm³/mol. The molecule has 0 atom stereocenters. The Kier molecular flexibility index (Phi) is 6.67. The summed E-state index contributed by atoms with van der Waals surface area (Å²) < 4.78 is 0. The minimum absolute atomic E-state index is 0.174. The minimum atomic E-state index is -0.324. The molecule has 0 bridgehead atoms. The fourth-order valence-corrected chi connectivity index (χ4v) is 2.37. The number of phenols is 2. The zero-order valence-electron chi connectivity index (χ0n) is 13.9. The first-order chi connectivity index (χ1) is 12.1. The first-order valence-electron chi connectivity index (χ1n) is 8.12. The molecular formula is C21H21NO3. The van der Waals surface area contributed by atoms with Crippen LogP contribution in [0.15, 0.2) is 54.1 Å². The molecule has 4 heteroatoms. The highest BCUT2D eigenvalue weighted by Crippen LogP contribution is 2.25. The Morgan fingerprint density at radius 3 is 2.52 bits per heavy atom. The van der Waals surface area contributed by atoms with Crippen LogP contribution in [0.3, 0.4) is 0 Å². The summed E-state index contributed by atoms with van der Waals surface area (Å²) >= 11 is 0. The highest BCUT2D eigenvalue weighted by atomic mass is 16.3. The molecule has 0 aliphatic heterocycles. The van der Waals surface area contributed by atoms with E-state index in [1.54, 1.807) is 6.07 Å². The van der Waals surface area contributed by atoms with Crippen LogP contribution in [0.2, 0.25) is 0 Å². The lowest BCUT2D eigenvalue weighted by Gasteiger charge is -2.06. The van der Waals surface area contributed by atoms with Gasteiger partial charge in [-0.1, -0.05) is 42.3 Å². The molecule has 2 rings (SSSR count). The number of aromatic hydroxyl groups is 2. The summed E-state index contributed by atoms with van der Waals surface area (Å²) in [6.45, 7) is 0.547. The Hall–Kier alpha value is -3.19. The van der Waals surface area contributed by atoms with Crippen molar-refractivity contribution in [1.29, 1.82) is 0 Å². The van der Waals surface area contributed by atoms with E-state index in [4.69, 9.17) is 6.42 Å². The number of nitrogens with one attached hydrogen (secondary N) is 1. The normalized spacial score (nSPS) is 10.9. The van der Waals surface area contributed by atoms with Crippen molar-refractivity contribution in [2.45, 2.75) is 19.3 Å². The second kappa shape index (κ2) is 9.19. The summed E-state index contributed by atoms with van der Waals surface area (Å²) in [5.41, 5.74) is 2.00. The van der Waals surface area contributed by atoms with Crippen molar-refractivity contribution < 1.29 is 15.0 Å². The van der Waals surface area contributed by atoms with Gasteiger partial charge in [-0.3, -0.25) is 4.79 Å². The maximum atomic E-state index is 12.1. The number of aryl methyl sites for hydroxylation is 1. The van der Waals surface area contributed by atoms with E-state index in [2.05, 4.69) is 23.4 Å². The lowest BCUT2D eigenvalue weighted by atomic mass is 10.1. The lowest BCUT2D eigenvalue weighted by molar-refractivity contribution is -0.117. The van der Waals surface area contributed by atoms with E-state index in [-0.39, 0.29) is 23.0 Å². The van der Waals surface area contributed by atoms with E-state index in [0.717, 1.165) is 19.3 Å². The van der Waals surface area contributed by atoms with Gasteiger partial charge in [0.15, 0.2) is 11.5 Å². The van der Waals surface area contributed by atoms with Gasteiger partial charge in [0, 0.05) is 6.54 Å². The van der Waals surface area contributed by atoms with Crippen LogP contribution in [0, 0.1) is 12.3 Å². The number of carbonyl (C=O) groups is 1. The van der Waals surface area contributed by atoms with Crippen molar-refractivity contribution in [2.75, 3.05) is 6.54 Å². The molecule has 3 N–H and O–H groups in total. The van der Waals surface area contributed by atoms with Gasteiger partial charge in [-0.15, -0.1) is 6.42 Å². The van der Waals surface area contributed by atoms with Gasteiger partial charge in [0.2, 0.25) is 0 Å². The topological polar surface area (TPSA) is 69.6 Å². The second-order valence-electron chi connectivity index (χ2n) is 5.65. The molecule has 0 aromatic heterocycles. The van der Waals surface area contributed by atoms with Crippen LogP contribution in [0.5, 0.6) is 11.5 Å². The van der Waals surface area contributed by atoms with E-state index in [0.29, 0.717) is 12.1 Å². The van der Waals surface area contributed by atoms with Gasteiger partial charge in [0.1, 0.15) is 0 Å². The number of carbonyl (C=O) groups excluding carboxylic acids is 1. The van der Waals surface area contributed by atoms with Gasteiger partial charge in [0.25, 0.3) is 5.91 Å². The van der Waals surface area contributed by atoms with E-state index >= 15 is 0 Å². The van der Waals surface area contributed by atoms with E-state index < -0.39 is 0 Å². The molecule has 0 unspecified atom stereocenters. The maximum absolute atomic E-state index is 12.1. The average molecular weight is 335 g/mol. The lowest BCUT2D eigenvalue weighted by Crippen LogP contribution is -2.25. The smallest absolute Gasteiger partial charge is 0.259 e. The van der Waals surface area contributed by atoms with Gasteiger partial charge in [-0.05, 0) is 48.6 Å². The van der Waals surface area contributed by atoms with Crippen LogP contribution in [-0.4, -0.2) is 22.7 Å². The van der Waals surface area contributed by atoms with Crippen LogP contribution in [0.4, 0.5) is 0 Å². The molecule has 25 heavy (non-hydrogen) atoms. The molecule has 0 fully saturated rings. The van der Waals surface area contributed by atoms with Gasteiger partial charge in [-0.25, -0.2) is 0 Å². The Morgan fingerprint density at radius 1 is 1.08 bits per heavy atom. The first-order valence-corrected chi connectivity index (χ1v) is 8.12. The fourth-order valence-electron chi connectivity index (χ4n) is 2.37. The van der Waals surface area contributed by atoms with Crippen molar-refractivity contribution in [3.63, 3.8) is 0 Å². The minimum Gasteiger partial charge on any atom is -0.504 e. The average Bonchev–Trinajstić information content (AvgIpc) is 2.63. The Bertz CT molecular complexity index is 789. The Balaban J connectivity index is 1.82. The van der Waals surface area contributed by atoms with Gasteiger partial charge >= 0.3 is 0 Å². The molecule has 0 aliphatic rings. The summed E-state index contributed by atoms with van der Waals surface area (Å²) in [6, 6.07) is 14.5. The van der Waals surface area contributed by atoms with Crippen LogP contribution in [0.25, 0.3) is 6.08 Å². The van der Waals surface area contributed by atoms with E-state index in [9.17, 15) is 15.0 Å². The van der Waals surface area contributed by atoms with E-state index in [1.807, 2.05) is 18.2 Å². The maximum Gasteiger partial charge on any atom is 0.259 e. The number of amides is 1. The Labute approximate surface area is 147 Å². The summed E-state index contributed by atoms with van der Waals surface area (Å²) in [5, 5.41) is 21.6. The summed E-state index contributed by atoms with van der Waals surface area (Å²) in [7, 11) is 0. The highest BCUT2D eigenvalue weighted by molar-refractivity contribution is 6.02. The number of unbranched alkanes of at least 4 members (excludes halogenated alkanes) is 1. The monoisotopic (exact) mass is 335 g/mol. The Morgan fingerprint density at radius 2 is 1.84 bits per heavy atom. The van der Waals surface area contributed by atoms with Crippen molar-refractivity contribution >= 4 is 12.0 Å². The molecular weight excluding hydrogens is 314 g/mol. The van der Waals surface area contributed by atoms with Crippen LogP contribution in [0.1, 0.15) is 24.0 Å². The summed E-state index contributed by atoms with van der Waals surface area (Å²) in [6.07, 6.45) is 9.71. The van der Waals surface area contributed by atoms with Gasteiger partial charge in [0.05, 0.1) is 5.57 Å². The first kappa shape index (κ1) is 18.2. The van der Waals surface area contributed by atoms with Crippen molar-refractivity contribution in [3.05, 3.63) is 65.2 Å². The number of phenolic OH excluding ortho intramolecular Hbond substituents is 2. The molecule has 2 aromatic rings. The van der Waals surface area contributed by atoms with Gasteiger partial charge < -0.3 is 15.5 Å². The van der Waals surface area contributed by atoms with Crippen LogP contribution >= 0.6 is 0 Å². The number of hydrogen-bond acceptors (Lipinski definition) is 3. The molecule has 1 amide bonds.